The molecule has 0 bridgehead atoms. The lowest BCUT2D eigenvalue weighted by atomic mass is 10.1. The molecule has 0 saturated heterocycles. The number of fused-ring (bicyclic) bond motifs is 2. The fourth-order valence-corrected chi connectivity index (χ4v) is 4.35. The highest BCUT2D eigenvalue weighted by Crippen LogP contribution is 2.39. The molecule has 4 aromatic rings. The Hall–Kier alpha value is -3.25. The van der Waals surface area contributed by atoms with E-state index in [1.54, 1.807) is 30.3 Å². The van der Waals surface area contributed by atoms with Crippen molar-refractivity contribution in [2.45, 2.75) is 9.79 Å². The van der Waals surface area contributed by atoms with Crippen LogP contribution in [-0.4, -0.2) is 31.8 Å². The van der Waals surface area contributed by atoms with Gasteiger partial charge in [-0.25, -0.2) is 4.21 Å². The van der Waals surface area contributed by atoms with Gasteiger partial charge in [0.15, 0.2) is 16.8 Å². The summed E-state index contributed by atoms with van der Waals surface area (Å²) in [7, 11) is -4.62. The van der Waals surface area contributed by atoms with Crippen molar-refractivity contribution < 1.29 is 26.8 Å². The number of nitrogens with zero attached hydrogens (tertiary/aromatic N) is 3. The number of pyridine rings is 1. The normalized spacial score (nSPS) is 13.3. The molecule has 0 radical (unpaired) electrons. The molecule has 30 heavy (non-hydrogen) atoms. The minimum absolute atomic E-state index is 0.0386. The fraction of sp³-hybridized carbons (Fsp3) is 0. The van der Waals surface area contributed by atoms with E-state index in [4.69, 9.17) is 0 Å². The van der Waals surface area contributed by atoms with Gasteiger partial charge < -0.3 is 9.66 Å². The third-order valence-corrected chi connectivity index (χ3v) is 6.02. The molecule has 1 unspecified atom stereocenters. The summed E-state index contributed by atoms with van der Waals surface area (Å²) >= 11 is -2.20. The van der Waals surface area contributed by atoms with Crippen molar-refractivity contribution in [2.75, 3.05) is 0 Å². The zero-order chi connectivity index (χ0) is 21.5. The summed E-state index contributed by atoms with van der Waals surface area (Å²) in [5.74, 6) is -0.404. The summed E-state index contributed by atoms with van der Waals surface area (Å²) in [5, 5.41) is 19.6. The molecule has 0 spiro atoms. The molecule has 0 aliphatic carbocycles. The number of rotatable bonds is 4. The second-order valence-electron chi connectivity index (χ2n) is 6.19. The average Bonchev–Trinajstić information content (AvgIpc) is 2.72. The number of benzene rings is 3. The van der Waals surface area contributed by atoms with Gasteiger partial charge in [0, 0.05) is 22.4 Å². The topological polar surface area (TPSA) is 150 Å². The first-order valence-electron chi connectivity index (χ1n) is 8.40. The molecular weight excluding hydrogens is 430 g/mol. The van der Waals surface area contributed by atoms with Gasteiger partial charge in [0.1, 0.15) is 16.1 Å². The summed E-state index contributed by atoms with van der Waals surface area (Å²) in [6.07, 6.45) is 1.36. The Morgan fingerprint density at radius 1 is 0.900 bits per heavy atom. The van der Waals surface area contributed by atoms with E-state index in [2.05, 4.69) is 15.2 Å². The maximum absolute atomic E-state index is 11.8. The SMILES string of the molecule is O=S(O)c1cccc2c(N=Nc3cc(S(=O)(=O)O)c4cccnc4c3O)cccc12. The molecule has 9 nitrogen and oxygen atoms in total. The van der Waals surface area contributed by atoms with Crippen LogP contribution in [0.4, 0.5) is 11.4 Å². The van der Waals surface area contributed by atoms with E-state index in [1.807, 2.05) is 0 Å². The molecule has 1 aromatic heterocycles. The maximum Gasteiger partial charge on any atom is 0.295 e. The lowest BCUT2D eigenvalue weighted by molar-refractivity contribution is 0.478. The molecule has 0 aliphatic heterocycles. The van der Waals surface area contributed by atoms with E-state index in [9.17, 15) is 26.8 Å². The van der Waals surface area contributed by atoms with Gasteiger partial charge in [0.2, 0.25) is 0 Å². The third-order valence-electron chi connectivity index (χ3n) is 4.40. The maximum atomic E-state index is 11.8. The Labute approximate surface area is 172 Å². The summed E-state index contributed by atoms with van der Waals surface area (Å²) in [6, 6.07) is 13.5. The Balaban J connectivity index is 1.91. The fourth-order valence-electron chi connectivity index (χ4n) is 3.09. The van der Waals surface area contributed by atoms with Gasteiger partial charge in [-0.2, -0.15) is 8.42 Å². The Morgan fingerprint density at radius 3 is 2.30 bits per heavy atom. The summed E-state index contributed by atoms with van der Waals surface area (Å²) in [5.41, 5.74) is 0.0545. The third kappa shape index (κ3) is 3.55. The van der Waals surface area contributed by atoms with E-state index in [0.29, 0.717) is 16.5 Å². The Kier molecular flexibility index (Phi) is 5.03. The minimum Gasteiger partial charge on any atom is -0.504 e. The molecule has 0 amide bonds. The molecule has 0 fully saturated rings. The monoisotopic (exact) mass is 443 g/mol. The molecule has 1 atom stereocenters. The van der Waals surface area contributed by atoms with Gasteiger partial charge >= 0.3 is 0 Å². The first-order chi connectivity index (χ1) is 14.3. The van der Waals surface area contributed by atoms with Crippen molar-refractivity contribution >= 4 is 54.2 Å². The van der Waals surface area contributed by atoms with Crippen molar-refractivity contribution in [1.82, 2.24) is 4.98 Å². The van der Waals surface area contributed by atoms with Crippen molar-refractivity contribution in [3.63, 3.8) is 0 Å². The highest BCUT2D eigenvalue weighted by molar-refractivity contribution is 7.86. The van der Waals surface area contributed by atoms with Gasteiger partial charge in [-0.1, -0.05) is 24.3 Å². The van der Waals surface area contributed by atoms with Crippen molar-refractivity contribution in [1.29, 1.82) is 0 Å². The Bertz CT molecular complexity index is 1470. The quantitative estimate of drug-likeness (QED) is 0.241. The van der Waals surface area contributed by atoms with Crippen LogP contribution < -0.4 is 0 Å². The minimum atomic E-state index is -4.62. The van der Waals surface area contributed by atoms with Crippen molar-refractivity contribution in [3.8, 4) is 5.75 Å². The first kappa shape index (κ1) is 20.0. The van der Waals surface area contributed by atoms with Crippen LogP contribution in [0.25, 0.3) is 21.7 Å². The summed E-state index contributed by atoms with van der Waals surface area (Å²) in [6.45, 7) is 0. The number of aromatic hydroxyl groups is 1. The van der Waals surface area contributed by atoms with E-state index in [-0.39, 0.29) is 21.5 Å². The molecule has 0 aliphatic rings. The van der Waals surface area contributed by atoms with Gasteiger partial charge in [-0.3, -0.25) is 9.54 Å². The van der Waals surface area contributed by atoms with Crippen LogP contribution >= 0.6 is 0 Å². The van der Waals surface area contributed by atoms with Crippen LogP contribution in [0.5, 0.6) is 5.75 Å². The van der Waals surface area contributed by atoms with E-state index >= 15 is 0 Å². The molecule has 152 valence electrons. The van der Waals surface area contributed by atoms with Gasteiger partial charge in [-0.05, 0) is 30.3 Å². The predicted octanol–water partition coefficient (Wildman–Crippen LogP) is 4.34. The number of azo groups is 1. The number of hydrogen-bond donors (Lipinski definition) is 3. The lowest BCUT2D eigenvalue weighted by Gasteiger charge is -2.08. The molecule has 3 N–H and O–H groups in total. The average molecular weight is 443 g/mol. The summed E-state index contributed by atoms with van der Waals surface area (Å²) in [4.78, 5) is 3.70. The van der Waals surface area contributed by atoms with Crippen LogP contribution in [0.1, 0.15) is 0 Å². The molecular formula is C19H13N3O6S2. The molecule has 3 aromatic carbocycles. The van der Waals surface area contributed by atoms with Gasteiger partial charge in [-0.15, -0.1) is 10.2 Å². The highest BCUT2D eigenvalue weighted by atomic mass is 32.2. The van der Waals surface area contributed by atoms with E-state index < -0.39 is 31.8 Å². The number of phenolic OH excluding ortho intramolecular Hbond substituents is 1. The first-order valence-corrected chi connectivity index (χ1v) is 10.9. The van der Waals surface area contributed by atoms with Crippen LogP contribution in [0.3, 0.4) is 0 Å². The highest BCUT2D eigenvalue weighted by Gasteiger charge is 2.20. The van der Waals surface area contributed by atoms with Crippen LogP contribution in [-0.2, 0) is 21.2 Å². The largest absolute Gasteiger partial charge is 0.504 e. The van der Waals surface area contributed by atoms with Crippen LogP contribution in [0.15, 0.2) is 80.8 Å². The second-order valence-corrected chi connectivity index (χ2v) is 8.52. The predicted molar refractivity (Wildman–Crippen MR) is 110 cm³/mol. The second kappa shape index (κ2) is 7.54. The number of phenols is 1. The van der Waals surface area contributed by atoms with E-state index in [0.717, 1.165) is 6.07 Å². The molecule has 1 heterocycles. The van der Waals surface area contributed by atoms with Crippen LogP contribution in [0, 0.1) is 0 Å². The molecule has 0 saturated carbocycles. The van der Waals surface area contributed by atoms with Gasteiger partial charge in [0.25, 0.3) is 10.1 Å². The Morgan fingerprint density at radius 2 is 1.57 bits per heavy atom. The lowest BCUT2D eigenvalue weighted by Crippen LogP contribution is -1.99. The summed E-state index contributed by atoms with van der Waals surface area (Å²) < 4.78 is 54.1. The standard InChI is InChI=1S/C19H13N3O6S2/c23-19-15(10-17(30(26,27)28)13-6-3-9-20-18(13)19)22-21-14-7-1-5-12-11(14)4-2-8-16(12)29(24)25/h1-10,23H,(H,24,25)(H,26,27,28). The number of hydrogen-bond acceptors (Lipinski definition) is 7. The van der Waals surface area contributed by atoms with Crippen molar-refractivity contribution in [2.24, 2.45) is 10.2 Å². The zero-order valence-corrected chi connectivity index (χ0v) is 16.6. The zero-order valence-electron chi connectivity index (χ0n) is 15.0. The number of aromatic nitrogens is 1. The van der Waals surface area contributed by atoms with Crippen molar-refractivity contribution in [3.05, 3.63) is 60.8 Å². The smallest absolute Gasteiger partial charge is 0.295 e. The van der Waals surface area contributed by atoms with Crippen LogP contribution in [0.2, 0.25) is 0 Å². The van der Waals surface area contributed by atoms with E-state index in [1.165, 1.54) is 24.4 Å². The molecule has 4 rings (SSSR count). The molecule has 11 heteroatoms. The van der Waals surface area contributed by atoms with Gasteiger partial charge in [0.05, 0.1) is 10.6 Å².